The van der Waals surface area contributed by atoms with E-state index in [0.717, 1.165) is 0 Å². The van der Waals surface area contributed by atoms with Gasteiger partial charge in [0.05, 0.1) is 11.9 Å². The fraction of sp³-hybridized carbons (Fsp3) is 0.714. The Morgan fingerprint density at radius 1 is 1.42 bits per heavy atom. The highest BCUT2D eigenvalue weighted by atomic mass is 19.3. The van der Waals surface area contributed by atoms with Crippen LogP contribution in [0, 0.1) is 0 Å². The van der Waals surface area contributed by atoms with Gasteiger partial charge in [-0.05, 0) is 0 Å². The lowest BCUT2D eigenvalue weighted by molar-refractivity contribution is 0.0545. The maximum atomic E-state index is 12.0. The van der Waals surface area contributed by atoms with Gasteiger partial charge in [-0.25, -0.2) is 0 Å². The number of nitrogens with zero attached hydrogens (tertiary/aromatic N) is 3. The van der Waals surface area contributed by atoms with Gasteiger partial charge < -0.3 is 0 Å². The van der Waals surface area contributed by atoms with E-state index in [1.54, 1.807) is 0 Å². The van der Waals surface area contributed by atoms with Crippen molar-refractivity contribution in [2.75, 3.05) is 0 Å². The molecule has 0 amide bonds. The van der Waals surface area contributed by atoms with Gasteiger partial charge in [0, 0.05) is 5.41 Å². The first-order chi connectivity index (χ1) is 5.41. The molecule has 0 saturated heterocycles. The van der Waals surface area contributed by atoms with Crippen molar-refractivity contribution < 1.29 is 8.78 Å². The topological polar surface area (TPSA) is 30.7 Å². The van der Waals surface area contributed by atoms with Gasteiger partial charge in [0.2, 0.25) is 0 Å². The Morgan fingerprint density at radius 2 is 2.00 bits per heavy atom. The third-order valence-electron chi connectivity index (χ3n) is 1.48. The van der Waals surface area contributed by atoms with Crippen LogP contribution in [0.15, 0.2) is 6.20 Å². The van der Waals surface area contributed by atoms with Crippen LogP contribution < -0.4 is 0 Å². The quantitative estimate of drug-likeness (QED) is 0.653. The minimum absolute atomic E-state index is 0.229. The lowest BCUT2D eigenvalue weighted by atomic mass is 9.93. The monoisotopic (exact) mass is 175 g/mol. The molecule has 0 N–H and O–H groups in total. The maximum Gasteiger partial charge on any atom is 0.334 e. The van der Waals surface area contributed by atoms with E-state index in [1.165, 1.54) is 6.20 Å². The largest absolute Gasteiger partial charge is 0.334 e. The summed E-state index contributed by atoms with van der Waals surface area (Å²) in [6.07, 6.45) is 1.27. The molecule has 1 aromatic rings. The maximum absolute atomic E-state index is 12.0. The van der Waals surface area contributed by atoms with E-state index in [2.05, 4.69) is 10.3 Å². The predicted molar refractivity (Wildman–Crippen MR) is 40.0 cm³/mol. The fourth-order valence-corrected chi connectivity index (χ4v) is 0.716. The van der Waals surface area contributed by atoms with E-state index in [0.29, 0.717) is 10.4 Å². The molecule has 0 aliphatic carbocycles. The van der Waals surface area contributed by atoms with Crippen molar-refractivity contribution in [1.29, 1.82) is 0 Å². The van der Waals surface area contributed by atoms with Crippen LogP contribution in [0.2, 0.25) is 0 Å². The number of rotatable bonds is 1. The second kappa shape index (κ2) is 2.80. The molecule has 0 atom stereocenters. The van der Waals surface area contributed by atoms with Gasteiger partial charge in [-0.2, -0.15) is 13.5 Å². The molecule has 0 spiro atoms. The Labute approximate surface area is 69.4 Å². The molecule has 5 heteroatoms. The molecule has 1 aromatic heterocycles. The summed E-state index contributed by atoms with van der Waals surface area (Å²) in [6, 6.07) is 0. The fourth-order valence-electron chi connectivity index (χ4n) is 0.716. The Kier molecular flexibility index (Phi) is 2.12. The molecular formula is C7H11F2N3. The number of halogens is 2. The summed E-state index contributed by atoms with van der Waals surface area (Å²) >= 11 is 0. The Morgan fingerprint density at radius 3 is 2.25 bits per heavy atom. The average molecular weight is 175 g/mol. The second-order valence-electron chi connectivity index (χ2n) is 3.61. The van der Waals surface area contributed by atoms with Crippen LogP contribution in [0.3, 0.4) is 0 Å². The molecule has 0 aliphatic rings. The van der Waals surface area contributed by atoms with Crippen LogP contribution >= 0.6 is 0 Å². The van der Waals surface area contributed by atoms with E-state index in [9.17, 15) is 8.78 Å². The molecule has 0 aliphatic heterocycles. The third-order valence-corrected chi connectivity index (χ3v) is 1.48. The van der Waals surface area contributed by atoms with Crippen LogP contribution in [0.5, 0.6) is 0 Å². The van der Waals surface area contributed by atoms with Crippen molar-refractivity contribution in [1.82, 2.24) is 15.0 Å². The number of alkyl halides is 2. The first-order valence-electron chi connectivity index (χ1n) is 3.62. The van der Waals surface area contributed by atoms with Gasteiger partial charge in [-0.3, -0.25) is 0 Å². The van der Waals surface area contributed by atoms with Gasteiger partial charge in [0.1, 0.15) is 0 Å². The zero-order chi connectivity index (χ0) is 9.35. The smallest absolute Gasteiger partial charge is 0.191 e. The minimum atomic E-state index is -2.60. The van der Waals surface area contributed by atoms with E-state index < -0.39 is 6.55 Å². The standard InChI is InChI=1S/C7H11F2N3/c1-7(2,3)5-4-12(6(8)9)11-10-5/h4,6H,1-3H3. The Bertz CT molecular complexity index is 262. The van der Waals surface area contributed by atoms with Crippen molar-refractivity contribution in [3.8, 4) is 0 Å². The summed E-state index contributed by atoms with van der Waals surface area (Å²) in [5.74, 6) is 0. The van der Waals surface area contributed by atoms with Crippen molar-refractivity contribution >= 4 is 0 Å². The van der Waals surface area contributed by atoms with Crippen molar-refractivity contribution in [3.05, 3.63) is 11.9 Å². The molecule has 68 valence electrons. The zero-order valence-corrected chi connectivity index (χ0v) is 7.25. The van der Waals surface area contributed by atoms with Crippen LogP contribution in [-0.2, 0) is 5.41 Å². The minimum Gasteiger partial charge on any atom is -0.191 e. The number of hydrogen-bond donors (Lipinski definition) is 0. The highest BCUT2D eigenvalue weighted by Crippen LogP contribution is 2.20. The summed E-state index contributed by atoms with van der Waals surface area (Å²) in [7, 11) is 0. The molecule has 0 aromatic carbocycles. The molecule has 1 rings (SSSR count). The second-order valence-corrected chi connectivity index (χ2v) is 3.61. The molecule has 1 heterocycles. The summed E-state index contributed by atoms with van der Waals surface area (Å²) in [6.45, 7) is 3.08. The van der Waals surface area contributed by atoms with Crippen LogP contribution in [0.1, 0.15) is 33.0 Å². The van der Waals surface area contributed by atoms with Crippen molar-refractivity contribution in [3.63, 3.8) is 0 Å². The molecule has 3 nitrogen and oxygen atoms in total. The normalized spacial score (nSPS) is 12.5. The van der Waals surface area contributed by atoms with Crippen LogP contribution in [-0.4, -0.2) is 15.0 Å². The van der Waals surface area contributed by atoms with Gasteiger partial charge in [-0.1, -0.05) is 26.0 Å². The van der Waals surface area contributed by atoms with Gasteiger partial charge >= 0.3 is 6.55 Å². The summed E-state index contributed by atoms with van der Waals surface area (Å²) in [4.78, 5) is 0. The van der Waals surface area contributed by atoms with E-state index >= 15 is 0 Å². The third kappa shape index (κ3) is 1.78. The van der Waals surface area contributed by atoms with Gasteiger partial charge in [0.15, 0.2) is 0 Å². The number of hydrogen-bond acceptors (Lipinski definition) is 2. The molecule has 12 heavy (non-hydrogen) atoms. The SMILES string of the molecule is CC(C)(C)c1cn(C(F)F)nn1. The van der Waals surface area contributed by atoms with Crippen molar-refractivity contribution in [2.24, 2.45) is 0 Å². The lowest BCUT2D eigenvalue weighted by Crippen LogP contribution is -2.11. The Balaban J connectivity index is 2.92. The Hall–Kier alpha value is -1.00. The average Bonchev–Trinajstić information content (AvgIpc) is 2.30. The molecule has 0 bridgehead atoms. The van der Waals surface area contributed by atoms with E-state index in [4.69, 9.17) is 0 Å². The highest BCUT2D eigenvalue weighted by molar-refractivity contribution is 5.06. The summed E-state index contributed by atoms with van der Waals surface area (Å²) < 4.78 is 24.6. The van der Waals surface area contributed by atoms with Gasteiger partial charge in [-0.15, -0.1) is 5.10 Å². The van der Waals surface area contributed by atoms with Gasteiger partial charge in [0.25, 0.3) is 0 Å². The summed E-state index contributed by atoms with van der Waals surface area (Å²) in [5.41, 5.74) is 0.343. The molecule has 0 fully saturated rings. The molecule has 0 saturated carbocycles. The lowest BCUT2D eigenvalue weighted by Gasteiger charge is -2.12. The first kappa shape index (κ1) is 9.09. The van der Waals surface area contributed by atoms with Crippen molar-refractivity contribution in [2.45, 2.75) is 32.7 Å². The summed E-state index contributed by atoms with van der Waals surface area (Å²) in [5, 5.41) is 6.94. The predicted octanol–water partition coefficient (Wildman–Crippen LogP) is 1.97. The number of aromatic nitrogens is 3. The zero-order valence-electron chi connectivity index (χ0n) is 7.25. The molecule has 0 unspecified atom stereocenters. The van der Waals surface area contributed by atoms with E-state index in [1.807, 2.05) is 20.8 Å². The highest BCUT2D eigenvalue weighted by Gasteiger charge is 2.19. The first-order valence-corrected chi connectivity index (χ1v) is 3.62. The molecule has 0 radical (unpaired) electrons. The molecular weight excluding hydrogens is 164 g/mol. The van der Waals surface area contributed by atoms with Crippen LogP contribution in [0.25, 0.3) is 0 Å². The van der Waals surface area contributed by atoms with E-state index in [-0.39, 0.29) is 5.41 Å². The van der Waals surface area contributed by atoms with Crippen LogP contribution in [0.4, 0.5) is 8.78 Å².